The first-order chi connectivity index (χ1) is 11.4. The first kappa shape index (κ1) is 24.2. The summed E-state index contributed by atoms with van der Waals surface area (Å²) in [4.78, 5) is 20.2. The number of carbonyl (C=O) groups is 1. The minimum Gasteiger partial charge on any atom is -0.356 e. The Morgan fingerprint density at radius 1 is 1.24 bits per heavy atom. The van der Waals surface area contributed by atoms with Gasteiger partial charge in [0.1, 0.15) is 6.54 Å². The molecule has 0 aromatic heterocycles. The zero-order chi connectivity index (χ0) is 17.9. The molecule has 2 N–H and O–H groups in total. The molecule has 1 fully saturated rings. The van der Waals surface area contributed by atoms with Crippen molar-refractivity contribution in [1.82, 2.24) is 20.4 Å². The largest absolute Gasteiger partial charge is 0.356 e. The fourth-order valence-electron chi connectivity index (χ4n) is 2.64. The first-order valence-corrected chi connectivity index (χ1v) is 9.01. The summed E-state index contributed by atoms with van der Waals surface area (Å²) in [5.74, 6) is 0.673. The lowest BCUT2D eigenvalue weighted by molar-refractivity contribution is -0.127. The van der Waals surface area contributed by atoms with Gasteiger partial charge in [0.05, 0.1) is 0 Å². The SMILES string of the molecule is C=C(C)CNC(=NCC(=O)N(C)C)NCCC(C)N1CCCCC1.I. The van der Waals surface area contributed by atoms with Gasteiger partial charge in [-0.2, -0.15) is 0 Å². The standard InChI is InChI=1S/C18H35N5O.HI/c1-15(2)13-20-18(21-14-17(24)22(4)5)19-10-9-16(3)23-11-7-6-8-12-23;/h16H,1,6-14H2,2-5H3,(H2,19,20,21);1H. The second kappa shape index (κ2) is 13.4. The minimum atomic E-state index is -0.00638. The summed E-state index contributed by atoms with van der Waals surface area (Å²) in [7, 11) is 3.49. The van der Waals surface area contributed by atoms with Crippen molar-refractivity contribution in [3.05, 3.63) is 12.2 Å². The number of aliphatic imine (C=N–C) groups is 1. The number of rotatable bonds is 8. The van der Waals surface area contributed by atoms with Gasteiger partial charge >= 0.3 is 0 Å². The van der Waals surface area contributed by atoms with Crippen molar-refractivity contribution in [3.8, 4) is 0 Å². The van der Waals surface area contributed by atoms with Gasteiger partial charge in [0.25, 0.3) is 0 Å². The molecule has 1 rings (SSSR count). The number of hydrogen-bond acceptors (Lipinski definition) is 3. The molecule has 7 heteroatoms. The van der Waals surface area contributed by atoms with Crippen molar-refractivity contribution in [2.75, 3.05) is 46.8 Å². The molecule has 0 saturated carbocycles. The van der Waals surface area contributed by atoms with Crippen molar-refractivity contribution in [1.29, 1.82) is 0 Å². The van der Waals surface area contributed by atoms with Gasteiger partial charge in [0.15, 0.2) is 5.96 Å². The Morgan fingerprint density at radius 2 is 1.88 bits per heavy atom. The molecule has 1 heterocycles. The quantitative estimate of drug-likeness (QED) is 0.250. The van der Waals surface area contributed by atoms with Crippen LogP contribution in [-0.2, 0) is 4.79 Å². The molecular formula is C18H36IN5O. The van der Waals surface area contributed by atoms with Crippen molar-refractivity contribution in [2.24, 2.45) is 4.99 Å². The Morgan fingerprint density at radius 3 is 2.44 bits per heavy atom. The van der Waals surface area contributed by atoms with Gasteiger partial charge in [-0.15, -0.1) is 24.0 Å². The van der Waals surface area contributed by atoms with Crippen molar-refractivity contribution >= 4 is 35.8 Å². The van der Waals surface area contributed by atoms with E-state index < -0.39 is 0 Å². The molecular weight excluding hydrogens is 429 g/mol. The van der Waals surface area contributed by atoms with Crippen molar-refractivity contribution in [2.45, 2.75) is 45.6 Å². The molecule has 1 aliphatic rings. The van der Waals surface area contributed by atoms with Gasteiger partial charge in [-0.1, -0.05) is 18.6 Å². The van der Waals surface area contributed by atoms with Crippen LogP contribution in [0.25, 0.3) is 0 Å². The van der Waals surface area contributed by atoms with E-state index in [4.69, 9.17) is 0 Å². The number of carbonyl (C=O) groups excluding carboxylic acids is 1. The number of likely N-dealkylation sites (tertiary alicyclic amines) is 1. The van der Waals surface area contributed by atoms with Crippen LogP contribution >= 0.6 is 24.0 Å². The van der Waals surface area contributed by atoms with E-state index in [-0.39, 0.29) is 36.4 Å². The Hall–Kier alpha value is -0.830. The molecule has 0 aromatic carbocycles. The van der Waals surface area contributed by atoms with Crippen LogP contribution in [0.1, 0.15) is 39.5 Å². The first-order valence-electron chi connectivity index (χ1n) is 9.01. The maximum Gasteiger partial charge on any atom is 0.243 e. The number of nitrogens with one attached hydrogen (secondary N) is 2. The van der Waals surface area contributed by atoms with E-state index >= 15 is 0 Å². The molecule has 1 unspecified atom stereocenters. The lowest BCUT2D eigenvalue weighted by Crippen LogP contribution is -2.43. The monoisotopic (exact) mass is 465 g/mol. The van der Waals surface area contributed by atoms with Gasteiger partial charge in [-0.05, 0) is 46.2 Å². The van der Waals surface area contributed by atoms with Crippen LogP contribution in [0.15, 0.2) is 17.1 Å². The van der Waals surface area contributed by atoms with Crippen LogP contribution in [-0.4, -0.2) is 74.5 Å². The molecule has 1 amide bonds. The van der Waals surface area contributed by atoms with Gasteiger partial charge in [0, 0.05) is 33.2 Å². The highest BCUT2D eigenvalue weighted by Gasteiger charge is 2.16. The fourth-order valence-corrected chi connectivity index (χ4v) is 2.64. The van der Waals surface area contributed by atoms with Gasteiger partial charge < -0.3 is 20.4 Å². The molecule has 0 aromatic rings. The molecule has 146 valence electrons. The minimum absolute atomic E-state index is 0. The topological polar surface area (TPSA) is 60.0 Å². The lowest BCUT2D eigenvalue weighted by Gasteiger charge is -2.32. The molecule has 25 heavy (non-hydrogen) atoms. The van der Waals surface area contributed by atoms with Gasteiger partial charge in [-0.25, -0.2) is 4.99 Å². The summed E-state index contributed by atoms with van der Waals surface area (Å²) in [5, 5.41) is 6.56. The highest BCUT2D eigenvalue weighted by Crippen LogP contribution is 2.13. The highest BCUT2D eigenvalue weighted by molar-refractivity contribution is 14.0. The average Bonchev–Trinajstić information content (AvgIpc) is 2.56. The molecule has 1 aliphatic heterocycles. The van der Waals surface area contributed by atoms with Crippen LogP contribution in [0.3, 0.4) is 0 Å². The summed E-state index contributed by atoms with van der Waals surface area (Å²) in [5.41, 5.74) is 1.03. The number of guanidine groups is 1. The van der Waals surface area contributed by atoms with E-state index in [2.05, 4.69) is 34.0 Å². The molecule has 1 atom stereocenters. The number of amides is 1. The summed E-state index contributed by atoms with van der Waals surface area (Å²) < 4.78 is 0. The molecule has 1 saturated heterocycles. The van der Waals surface area contributed by atoms with Crippen molar-refractivity contribution in [3.63, 3.8) is 0 Å². The van der Waals surface area contributed by atoms with E-state index in [1.165, 1.54) is 32.4 Å². The van der Waals surface area contributed by atoms with E-state index in [0.717, 1.165) is 18.5 Å². The number of hydrogen-bond donors (Lipinski definition) is 2. The zero-order valence-corrected chi connectivity index (χ0v) is 18.6. The molecule has 0 radical (unpaired) electrons. The second-order valence-electron chi connectivity index (χ2n) is 6.92. The Labute approximate surface area is 170 Å². The fraction of sp³-hybridized carbons (Fsp3) is 0.778. The van der Waals surface area contributed by atoms with Gasteiger partial charge in [-0.3, -0.25) is 4.79 Å². The summed E-state index contributed by atoms with van der Waals surface area (Å²) in [6.45, 7) is 12.2. The van der Waals surface area contributed by atoms with Crippen LogP contribution in [0.2, 0.25) is 0 Å². The summed E-state index contributed by atoms with van der Waals surface area (Å²) in [6, 6.07) is 0.573. The van der Waals surface area contributed by atoms with Crippen LogP contribution in [0.4, 0.5) is 0 Å². The maximum atomic E-state index is 11.7. The second-order valence-corrected chi connectivity index (χ2v) is 6.92. The van der Waals surface area contributed by atoms with Crippen LogP contribution in [0, 0.1) is 0 Å². The maximum absolute atomic E-state index is 11.7. The number of nitrogens with zero attached hydrogens (tertiary/aromatic N) is 3. The highest BCUT2D eigenvalue weighted by atomic mass is 127. The van der Waals surface area contributed by atoms with E-state index in [9.17, 15) is 4.79 Å². The third kappa shape index (κ3) is 10.7. The third-order valence-electron chi connectivity index (χ3n) is 4.30. The summed E-state index contributed by atoms with van der Waals surface area (Å²) in [6.07, 6.45) is 5.06. The van der Waals surface area contributed by atoms with E-state index in [1.54, 1.807) is 19.0 Å². The molecule has 0 bridgehead atoms. The molecule has 0 spiro atoms. The molecule has 0 aliphatic carbocycles. The molecule has 6 nitrogen and oxygen atoms in total. The number of likely N-dealkylation sites (N-methyl/N-ethyl adjacent to an activating group) is 1. The van der Waals surface area contributed by atoms with E-state index in [1.807, 2.05) is 6.92 Å². The van der Waals surface area contributed by atoms with E-state index in [0.29, 0.717) is 18.5 Å². The van der Waals surface area contributed by atoms with Crippen LogP contribution in [0.5, 0.6) is 0 Å². The number of halogens is 1. The Bertz CT molecular complexity index is 433. The Balaban J connectivity index is 0.00000576. The normalized spacial score (nSPS) is 16.6. The predicted octanol–water partition coefficient (Wildman–Crippen LogP) is 2.07. The van der Waals surface area contributed by atoms with Crippen molar-refractivity contribution < 1.29 is 4.79 Å². The zero-order valence-electron chi connectivity index (χ0n) is 16.3. The Kier molecular flexibility index (Phi) is 12.9. The number of piperidine rings is 1. The van der Waals surface area contributed by atoms with Gasteiger partial charge in [0.2, 0.25) is 5.91 Å². The summed E-state index contributed by atoms with van der Waals surface area (Å²) >= 11 is 0. The smallest absolute Gasteiger partial charge is 0.243 e. The van der Waals surface area contributed by atoms with Crippen LogP contribution < -0.4 is 10.6 Å². The average molecular weight is 465 g/mol. The third-order valence-corrected chi connectivity index (χ3v) is 4.30. The predicted molar refractivity (Wildman–Crippen MR) is 117 cm³/mol. The lowest BCUT2D eigenvalue weighted by atomic mass is 10.1.